The molecule has 0 radical (unpaired) electrons. The Labute approximate surface area is 255 Å². The predicted molar refractivity (Wildman–Crippen MR) is 170 cm³/mol. The minimum Gasteiger partial charge on any atom is -0.438 e. The molecule has 0 unspecified atom stereocenters. The number of carbonyl (C=O) groups excluding carboxylic acids is 2. The van der Waals surface area contributed by atoms with Crippen LogP contribution in [0.1, 0.15) is 61.9 Å². The number of imidazole rings is 1. The molecule has 5 aromatic rings. The van der Waals surface area contributed by atoms with Crippen molar-refractivity contribution in [3.8, 4) is 22.4 Å². The van der Waals surface area contributed by atoms with Crippen LogP contribution in [0, 0.1) is 6.92 Å². The van der Waals surface area contributed by atoms with E-state index in [0.29, 0.717) is 22.9 Å². The maximum Gasteiger partial charge on any atom is 0.408 e. The van der Waals surface area contributed by atoms with Crippen LogP contribution in [0.25, 0.3) is 33.3 Å². The molecule has 4 N–H and O–H groups in total. The molecule has 10 heteroatoms. The van der Waals surface area contributed by atoms with Crippen LogP contribution in [0.2, 0.25) is 0 Å². The van der Waals surface area contributed by atoms with Gasteiger partial charge in [0.25, 0.3) is 5.91 Å². The number of aromatic amines is 1. The van der Waals surface area contributed by atoms with E-state index in [2.05, 4.69) is 31.1 Å². The van der Waals surface area contributed by atoms with Gasteiger partial charge in [0.15, 0.2) is 5.82 Å². The van der Waals surface area contributed by atoms with E-state index in [9.17, 15) is 9.59 Å². The zero-order chi connectivity index (χ0) is 30.9. The van der Waals surface area contributed by atoms with Gasteiger partial charge in [0.1, 0.15) is 17.1 Å². The van der Waals surface area contributed by atoms with Crippen molar-refractivity contribution < 1.29 is 14.3 Å². The number of hydrogen-bond donors (Lipinski definition) is 4. The third-order valence-corrected chi connectivity index (χ3v) is 7.68. The average molecular weight is 590 g/mol. The largest absolute Gasteiger partial charge is 0.438 e. The number of rotatable bonds is 7. The summed E-state index contributed by atoms with van der Waals surface area (Å²) in [4.78, 5) is 41.8. The molecule has 0 atom stereocenters. The van der Waals surface area contributed by atoms with Crippen molar-refractivity contribution in [1.82, 2.24) is 30.7 Å². The smallest absolute Gasteiger partial charge is 0.408 e. The Hall–Kier alpha value is -5.25. The van der Waals surface area contributed by atoms with Crippen molar-refractivity contribution in [3.63, 3.8) is 0 Å². The number of alkyl carbamates (subject to hydrolysis) is 1. The number of aromatic nitrogens is 4. The highest BCUT2D eigenvalue weighted by Crippen LogP contribution is 2.45. The highest BCUT2D eigenvalue weighted by atomic mass is 16.6. The molecule has 3 aromatic heterocycles. The Morgan fingerprint density at radius 1 is 0.955 bits per heavy atom. The Bertz CT molecular complexity index is 1820. The van der Waals surface area contributed by atoms with Crippen LogP contribution in [0.3, 0.4) is 0 Å². The molecule has 2 amide bonds. The lowest BCUT2D eigenvalue weighted by Gasteiger charge is -2.42. The molecule has 0 aliphatic heterocycles. The first-order valence-electron chi connectivity index (χ1n) is 14.7. The van der Waals surface area contributed by atoms with Gasteiger partial charge in [-0.3, -0.25) is 15.6 Å². The number of pyridine rings is 2. The minimum absolute atomic E-state index is 0.341. The Balaban J connectivity index is 1.34. The fraction of sp³-hybridized carbons (Fsp3) is 0.265. The summed E-state index contributed by atoms with van der Waals surface area (Å²) in [5.41, 5.74) is 10.3. The first kappa shape index (κ1) is 28.9. The number of H-pyrrole nitrogens is 1. The number of nitrogens with zero attached hydrogens (tertiary/aromatic N) is 3. The van der Waals surface area contributed by atoms with Crippen LogP contribution >= 0.6 is 0 Å². The van der Waals surface area contributed by atoms with Gasteiger partial charge in [0.05, 0.1) is 17.4 Å². The zero-order valence-electron chi connectivity index (χ0n) is 25.2. The number of nitrogens with one attached hydrogen (secondary N) is 4. The van der Waals surface area contributed by atoms with Crippen molar-refractivity contribution >= 4 is 28.7 Å². The molecule has 44 heavy (non-hydrogen) atoms. The molecule has 1 fully saturated rings. The third kappa shape index (κ3) is 5.96. The third-order valence-electron chi connectivity index (χ3n) is 7.68. The second kappa shape index (κ2) is 11.4. The number of amides is 2. The summed E-state index contributed by atoms with van der Waals surface area (Å²) in [5.74, 6) is 0.759. The Morgan fingerprint density at radius 2 is 1.70 bits per heavy atom. The van der Waals surface area contributed by atoms with Gasteiger partial charge in [0, 0.05) is 28.2 Å². The molecule has 1 aliphatic rings. The summed E-state index contributed by atoms with van der Waals surface area (Å²) in [6, 6.07) is 22.0. The molecular formula is C34H35N7O3. The lowest BCUT2D eigenvalue weighted by Crippen LogP contribution is -2.47. The lowest BCUT2D eigenvalue weighted by atomic mass is 9.74. The van der Waals surface area contributed by atoms with Crippen molar-refractivity contribution in [3.05, 3.63) is 96.2 Å². The second-order valence-electron chi connectivity index (χ2n) is 12.1. The fourth-order valence-electron chi connectivity index (χ4n) is 5.36. The van der Waals surface area contributed by atoms with Gasteiger partial charge >= 0.3 is 6.09 Å². The molecule has 0 saturated heterocycles. The van der Waals surface area contributed by atoms with E-state index in [0.717, 1.165) is 52.6 Å². The molecule has 2 aromatic carbocycles. The lowest BCUT2D eigenvalue weighted by molar-refractivity contribution is -0.0549. The Kier molecular flexibility index (Phi) is 7.50. The number of fused-ring (bicyclic) bond motifs is 1. The first-order valence-corrected chi connectivity index (χ1v) is 14.7. The highest BCUT2D eigenvalue weighted by molar-refractivity contribution is 5.98. The zero-order valence-corrected chi connectivity index (χ0v) is 25.2. The predicted octanol–water partition coefficient (Wildman–Crippen LogP) is 6.66. The summed E-state index contributed by atoms with van der Waals surface area (Å²) in [5, 5.41) is 3.66. The molecule has 0 bridgehead atoms. The van der Waals surface area contributed by atoms with Crippen molar-refractivity contribution in [2.24, 2.45) is 0 Å². The number of hydrogen-bond acceptors (Lipinski definition) is 7. The van der Waals surface area contributed by atoms with Gasteiger partial charge < -0.3 is 15.0 Å². The van der Waals surface area contributed by atoms with Crippen molar-refractivity contribution in [1.29, 1.82) is 0 Å². The first-order chi connectivity index (χ1) is 21.1. The topological polar surface area (TPSA) is 134 Å². The quantitative estimate of drug-likeness (QED) is 0.156. The van der Waals surface area contributed by atoms with Crippen LogP contribution in [0.15, 0.2) is 79.1 Å². The van der Waals surface area contributed by atoms with Gasteiger partial charge in [-0.1, -0.05) is 54.6 Å². The number of benzene rings is 2. The molecule has 3 heterocycles. The minimum atomic E-state index is -0.626. The average Bonchev–Trinajstić information content (AvgIpc) is 3.43. The molecule has 224 valence electrons. The van der Waals surface area contributed by atoms with Crippen LogP contribution in [0.5, 0.6) is 0 Å². The number of hydrazine groups is 1. The summed E-state index contributed by atoms with van der Waals surface area (Å²) in [6.45, 7) is 7.59. The summed E-state index contributed by atoms with van der Waals surface area (Å²) < 4.78 is 6.00. The maximum atomic E-state index is 12.7. The van der Waals surface area contributed by atoms with Crippen LogP contribution in [-0.4, -0.2) is 37.5 Å². The van der Waals surface area contributed by atoms with Gasteiger partial charge in [-0.2, -0.15) is 0 Å². The number of anilines is 1. The van der Waals surface area contributed by atoms with Crippen LogP contribution in [-0.2, 0) is 10.3 Å². The molecule has 1 saturated carbocycles. The molecule has 10 nitrogen and oxygen atoms in total. The number of carbonyl (C=O) groups is 2. The van der Waals surface area contributed by atoms with E-state index >= 15 is 0 Å². The molecule has 6 rings (SSSR count). The van der Waals surface area contributed by atoms with Crippen LogP contribution < -0.4 is 16.2 Å². The van der Waals surface area contributed by atoms with Gasteiger partial charge in [-0.15, -0.1) is 0 Å². The van der Waals surface area contributed by atoms with Gasteiger partial charge in [0.2, 0.25) is 0 Å². The fourth-order valence-corrected chi connectivity index (χ4v) is 5.36. The maximum absolute atomic E-state index is 12.7. The molecular weight excluding hydrogens is 554 g/mol. The summed E-state index contributed by atoms with van der Waals surface area (Å²) in [7, 11) is 0. The molecule has 0 spiro atoms. The molecule has 1 aliphatic carbocycles. The van der Waals surface area contributed by atoms with Crippen LogP contribution in [0.4, 0.5) is 10.6 Å². The second-order valence-corrected chi connectivity index (χ2v) is 12.1. The van der Waals surface area contributed by atoms with E-state index in [-0.39, 0.29) is 11.4 Å². The van der Waals surface area contributed by atoms with E-state index in [1.54, 1.807) is 13.1 Å². The number of aryl methyl sites for hydroxylation is 1. The number of ether oxygens (including phenoxy) is 1. The van der Waals surface area contributed by atoms with Crippen molar-refractivity contribution in [2.75, 3.05) is 5.43 Å². The van der Waals surface area contributed by atoms with E-state index in [1.165, 1.54) is 6.20 Å². The van der Waals surface area contributed by atoms with E-state index in [4.69, 9.17) is 9.72 Å². The van der Waals surface area contributed by atoms with Gasteiger partial charge in [-0.25, -0.2) is 19.7 Å². The normalized spacial score (nSPS) is 14.0. The Morgan fingerprint density at radius 3 is 2.34 bits per heavy atom. The standard InChI is InChI=1S/C34H35N7O3/c1-21-36-20-28(37-21)31(42)41-40-30-26-19-25(22-9-6-5-7-10-22)29(38-27(26)15-18-35-30)23-11-13-24(14-12-23)34(16-8-17-34)44-32(43)39-33(2,3)4/h5-7,9-15,18-20H,8,16-17H2,1-4H3,(H,35,40)(H,36,37)(H,39,43)(H,41,42). The monoisotopic (exact) mass is 589 g/mol. The van der Waals surface area contributed by atoms with Gasteiger partial charge in [-0.05, 0) is 70.2 Å². The summed E-state index contributed by atoms with van der Waals surface area (Å²) in [6.07, 6.45) is 5.30. The van der Waals surface area contributed by atoms with Crippen molar-refractivity contribution in [2.45, 2.75) is 58.1 Å². The van der Waals surface area contributed by atoms with E-state index in [1.807, 2.05) is 87.5 Å². The van der Waals surface area contributed by atoms with E-state index < -0.39 is 11.7 Å². The SMILES string of the molecule is Cc1ncc(C(=O)NNc2nccc3nc(-c4ccc(C5(OC(=O)NC(C)(C)C)CCC5)cc4)c(-c4ccccc4)cc23)[nH]1. The highest BCUT2D eigenvalue weighted by Gasteiger charge is 2.43. The summed E-state index contributed by atoms with van der Waals surface area (Å²) >= 11 is 0.